The van der Waals surface area contributed by atoms with Gasteiger partial charge >= 0.3 is 24.2 Å². The minimum absolute atomic E-state index is 0.0384. The summed E-state index contributed by atoms with van der Waals surface area (Å²) in [5.74, 6) is -1.94. The summed E-state index contributed by atoms with van der Waals surface area (Å²) in [5.41, 5.74) is 2.63. The number of aryl methyl sites for hydroxylation is 2. The number of hydrogen-bond acceptors (Lipinski definition) is 12. The molecule has 1 aliphatic rings. The zero-order valence-corrected chi connectivity index (χ0v) is 23.7. The fraction of sp³-hybridized carbons (Fsp3) is 0.467. The zero-order chi connectivity index (χ0) is 30.2. The Bertz CT molecular complexity index is 1050. The maximum absolute atomic E-state index is 12.0. The number of carbonyl (C=O) groups is 4. The Hall–Kier alpha value is -4.16. The second-order valence-electron chi connectivity index (χ2n) is 9.86. The fourth-order valence-electron chi connectivity index (χ4n) is 4.56. The van der Waals surface area contributed by atoms with E-state index in [9.17, 15) is 19.2 Å². The van der Waals surface area contributed by atoms with E-state index < -0.39 is 24.2 Å². The van der Waals surface area contributed by atoms with Crippen LogP contribution in [0.4, 0.5) is 9.59 Å². The molecule has 12 nitrogen and oxygen atoms in total. The maximum Gasteiger partial charge on any atom is 0.543 e. The van der Waals surface area contributed by atoms with Gasteiger partial charge in [-0.1, -0.05) is 63.8 Å². The van der Waals surface area contributed by atoms with E-state index in [0.29, 0.717) is 12.8 Å². The molecule has 3 rings (SSSR count). The third-order valence-electron chi connectivity index (χ3n) is 6.78. The predicted molar refractivity (Wildman–Crippen MR) is 144 cm³/mol. The quantitative estimate of drug-likeness (QED) is 0.137. The smallest absolute Gasteiger partial charge is 0.432 e. The molecule has 0 radical (unpaired) electrons. The van der Waals surface area contributed by atoms with Crippen molar-refractivity contribution in [3.8, 4) is 0 Å². The van der Waals surface area contributed by atoms with Crippen LogP contribution in [0, 0.1) is 11.8 Å². The first-order chi connectivity index (χ1) is 20.4. The molecule has 2 aromatic carbocycles. The number of carbonyl (C=O) groups excluding carboxylic acids is 4. The van der Waals surface area contributed by atoms with Crippen molar-refractivity contribution in [3.63, 3.8) is 0 Å². The molecule has 2 unspecified atom stereocenters. The average molecular weight is 589 g/mol. The van der Waals surface area contributed by atoms with E-state index in [1.54, 1.807) is 48.5 Å². The van der Waals surface area contributed by atoms with Gasteiger partial charge in [-0.3, -0.25) is 9.78 Å². The van der Waals surface area contributed by atoms with E-state index in [4.69, 9.17) is 9.47 Å². The SMILES string of the molecule is CCCc1ccc(C(=O)OOOC(=O)OCC2CCCCC2COC(=O)OOOC(=O)c2ccc(CCC)cc2)cc1. The Morgan fingerprint density at radius 1 is 0.595 bits per heavy atom. The summed E-state index contributed by atoms with van der Waals surface area (Å²) in [6.07, 6.45) is 4.57. The molecule has 0 aromatic heterocycles. The van der Waals surface area contributed by atoms with Crippen LogP contribution >= 0.6 is 0 Å². The van der Waals surface area contributed by atoms with Crippen LogP contribution in [-0.2, 0) is 51.9 Å². The van der Waals surface area contributed by atoms with Crippen LogP contribution < -0.4 is 0 Å². The minimum Gasteiger partial charge on any atom is -0.432 e. The topological polar surface area (TPSA) is 142 Å². The van der Waals surface area contributed by atoms with Crippen molar-refractivity contribution >= 4 is 24.2 Å². The number of rotatable bonds is 14. The van der Waals surface area contributed by atoms with Crippen LogP contribution in [0.25, 0.3) is 0 Å². The molecular weight excluding hydrogens is 552 g/mol. The first-order valence-electron chi connectivity index (χ1n) is 14.0. The second-order valence-corrected chi connectivity index (χ2v) is 9.86. The molecule has 2 atom stereocenters. The van der Waals surface area contributed by atoms with Crippen LogP contribution in [-0.4, -0.2) is 37.5 Å². The highest BCUT2D eigenvalue weighted by molar-refractivity contribution is 5.89. The third-order valence-corrected chi connectivity index (χ3v) is 6.78. The van der Waals surface area contributed by atoms with Crippen LogP contribution in [0.2, 0.25) is 0 Å². The van der Waals surface area contributed by atoms with E-state index in [1.807, 2.05) is 0 Å². The van der Waals surface area contributed by atoms with Gasteiger partial charge in [0.05, 0.1) is 34.4 Å². The van der Waals surface area contributed by atoms with E-state index in [0.717, 1.165) is 49.7 Å². The largest absolute Gasteiger partial charge is 0.543 e. The van der Waals surface area contributed by atoms with Crippen molar-refractivity contribution in [2.75, 3.05) is 13.2 Å². The van der Waals surface area contributed by atoms with Gasteiger partial charge in [0.1, 0.15) is 0 Å². The molecule has 1 saturated carbocycles. The lowest BCUT2D eigenvalue weighted by molar-refractivity contribution is -0.453. The Labute approximate surface area is 243 Å². The molecule has 42 heavy (non-hydrogen) atoms. The van der Waals surface area contributed by atoms with E-state index in [2.05, 4.69) is 43.5 Å². The van der Waals surface area contributed by atoms with Gasteiger partial charge in [-0.05, 0) is 72.9 Å². The molecule has 12 heteroatoms. The van der Waals surface area contributed by atoms with Crippen molar-refractivity contribution < 1.29 is 58.3 Å². The first kappa shape index (κ1) is 32.4. The molecule has 0 N–H and O–H groups in total. The Balaban J connectivity index is 1.31. The van der Waals surface area contributed by atoms with Crippen molar-refractivity contribution in [3.05, 3.63) is 70.8 Å². The van der Waals surface area contributed by atoms with Gasteiger partial charge in [0.15, 0.2) is 0 Å². The van der Waals surface area contributed by atoms with E-state index in [1.165, 1.54) is 0 Å². The minimum atomic E-state index is -1.19. The van der Waals surface area contributed by atoms with Gasteiger partial charge in [0, 0.05) is 0 Å². The van der Waals surface area contributed by atoms with Gasteiger partial charge in [-0.15, -0.1) is 0 Å². The summed E-state index contributed by atoms with van der Waals surface area (Å²) < 4.78 is 10.1. The summed E-state index contributed by atoms with van der Waals surface area (Å²) >= 11 is 0. The van der Waals surface area contributed by atoms with Gasteiger partial charge in [0.2, 0.25) is 0 Å². The Morgan fingerprint density at radius 2 is 0.976 bits per heavy atom. The van der Waals surface area contributed by atoms with Crippen molar-refractivity contribution in [1.29, 1.82) is 0 Å². The molecule has 2 aromatic rings. The summed E-state index contributed by atoms with van der Waals surface area (Å²) in [6, 6.07) is 13.5. The summed E-state index contributed by atoms with van der Waals surface area (Å²) in [6.45, 7) is 4.03. The Morgan fingerprint density at radius 3 is 1.33 bits per heavy atom. The van der Waals surface area contributed by atoms with Crippen molar-refractivity contribution in [2.45, 2.75) is 65.2 Å². The van der Waals surface area contributed by atoms with Crippen molar-refractivity contribution in [1.82, 2.24) is 0 Å². The predicted octanol–water partition coefficient (Wildman–Crippen LogP) is 6.41. The molecule has 228 valence electrons. The summed E-state index contributed by atoms with van der Waals surface area (Å²) in [7, 11) is 0. The number of benzene rings is 2. The monoisotopic (exact) mass is 588 g/mol. The molecule has 0 amide bonds. The molecule has 0 spiro atoms. The number of hydrogen-bond donors (Lipinski definition) is 0. The lowest BCUT2D eigenvalue weighted by Gasteiger charge is -2.30. The summed E-state index contributed by atoms with van der Waals surface area (Å²) in [4.78, 5) is 65.5. The second kappa shape index (κ2) is 17.6. The van der Waals surface area contributed by atoms with E-state index >= 15 is 0 Å². The third kappa shape index (κ3) is 11.0. The average Bonchev–Trinajstić information content (AvgIpc) is 3.00. The van der Waals surface area contributed by atoms with Crippen LogP contribution in [0.3, 0.4) is 0 Å². The van der Waals surface area contributed by atoms with Crippen molar-refractivity contribution in [2.24, 2.45) is 11.8 Å². The van der Waals surface area contributed by atoms with Gasteiger partial charge in [-0.25, -0.2) is 29.0 Å². The highest BCUT2D eigenvalue weighted by Gasteiger charge is 2.28. The lowest BCUT2D eigenvalue weighted by Crippen LogP contribution is -2.30. The lowest BCUT2D eigenvalue weighted by atomic mass is 9.80. The van der Waals surface area contributed by atoms with Crippen LogP contribution in [0.15, 0.2) is 48.5 Å². The molecule has 1 fully saturated rings. The highest BCUT2D eigenvalue weighted by Crippen LogP contribution is 2.30. The first-order valence-corrected chi connectivity index (χ1v) is 14.0. The normalized spacial score (nSPS) is 16.1. The highest BCUT2D eigenvalue weighted by atomic mass is 17.5. The molecule has 1 aliphatic carbocycles. The molecule has 0 saturated heterocycles. The fourth-order valence-corrected chi connectivity index (χ4v) is 4.56. The van der Waals surface area contributed by atoms with Crippen LogP contribution in [0.1, 0.15) is 84.2 Å². The van der Waals surface area contributed by atoms with Gasteiger partial charge in [-0.2, -0.15) is 0 Å². The molecule has 0 bridgehead atoms. The molecular formula is C30H36O12. The van der Waals surface area contributed by atoms with Gasteiger partial charge < -0.3 is 9.47 Å². The Kier molecular flexibility index (Phi) is 13.6. The standard InChI is InChI=1S/C30H36O12/c1-3-7-21-11-15-23(16-12-21)27(31)37-41-39-29(33)35-19-25-9-5-6-10-26(25)20-36-30(34)40-42-38-28(32)24-17-13-22(8-4-2)14-18-24/h11-18,25-26H,3-10,19-20H2,1-2H3. The number of ether oxygens (including phenoxy) is 2. The maximum atomic E-state index is 12.0. The van der Waals surface area contributed by atoms with Gasteiger partial charge in [0.25, 0.3) is 0 Å². The van der Waals surface area contributed by atoms with Crippen LogP contribution in [0.5, 0.6) is 0 Å². The van der Waals surface area contributed by atoms with E-state index in [-0.39, 0.29) is 36.2 Å². The molecule has 0 heterocycles. The zero-order valence-electron chi connectivity index (χ0n) is 23.7. The molecule has 0 aliphatic heterocycles. The summed E-state index contributed by atoms with van der Waals surface area (Å²) in [5, 5.41) is 8.55.